The van der Waals surface area contributed by atoms with Gasteiger partial charge in [0.25, 0.3) is 0 Å². The summed E-state index contributed by atoms with van der Waals surface area (Å²) >= 11 is 0. The van der Waals surface area contributed by atoms with E-state index in [4.69, 9.17) is 0 Å². The van der Waals surface area contributed by atoms with E-state index in [0.29, 0.717) is 0 Å². The second kappa shape index (κ2) is 61.6. The molecule has 0 aliphatic rings. The van der Waals surface area contributed by atoms with Gasteiger partial charge in [0, 0.05) is 344 Å². The molecule has 0 fully saturated rings. The molecule has 0 aliphatic heterocycles. The average molecular weight is 965 g/mol. The van der Waals surface area contributed by atoms with Crippen molar-refractivity contribution in [3.63, 3.8) is 0 Å². The Labute approximate surface area is 457 Å². The smallest absolute Gasteiger partial charge is 0 e. The highest BCUT2D eigenvalue weighted by atomic mass is 13.5. The molecule has 0 heteroatoms. The van der Waals surface area contributed by atoms with E-state index in [2.05, 4.69) is 460 Å². The predicted molar refractivity (Wildman–Crippen MR) is 285 cm³/mol. The molecular formula is C80H4. The average Bonchev–Trinajstić information content (AvgIpc) is 3.47. The Kier molecular flexibility index (Phi) is 48.2. The molecule has 324 valence electrons. The Balaban J connectivity index is 6.16. The van der Waals surface area contributed by atoms with E-state index in [1.165, 1.54) is 0 Å². The highest BCUT2D eigenvalue weighted by Gasteiger charge is 1.49. The zero-order chi connectivity index (χ0) is 57.2. The topological polar surface area (TPSA) is 0 Å². The minimum Gasteiger partial charge on any atom is -0.0687 e. The molecule has 0 saturated heterocycles. The molecule has 0 radical (unpaired) electrons. The van der Waals surface area contributed by atoms with Crippen LogP contribution in [0, 0.1) is 0 Å². The molecule has 0 aliphatic carbocycles. The second-order valence-corrected chi connectivity index (χ2v) is 9.85. The SMILES string of the molecule is C=C=C=C=C=C=C=C=C=C=C=C=C=C=C=C=C=C=C=C=C=C=C=C=C=C=C=C=C=C=C=C=C=C=C=C=C=C=C=C=C=C=C=C=C=C=C=C=C=C=C=C=C=C=C=C=C=C=C=C=C=C=C=C=C=C=C=C=C=C=C=C=C=C=C=C=C=C=C=C. The van der Waals surface area contributed by atoms with Crippen LogP contribution in [-0.2, 0) is 0 Å². The van der Waals surface area contributed by atoms with Crippen LogP contribution in [0.5, 0.6) is 0 Å². The van der Waals surface area contributed by atoms with Crippen LogP contribution in [0.2, 0.25) is 0 Å². The van der Waals surface area contributed by atoms with Gasteiger partial charge in [-0.2, -0.15) is 0 Å². The number of hydrogen-bond acceptors (Lipinski definition) is 0. The summed E-state index contributed by atoms with van der Waals surface area (Å²) in [4.78, 5) is 0. The second-order valence-electron chi connectivity index (χ2n) is 9.85. The summed E-state index contributed by atoms with van der Waals surface area (Å²) < 4.78 is 0. The van der Waals surface area contributed by atoms with Crippen molar-refractivity contribution in [3.05, 3.63) is 460 Å². The van der Waals surface area contributed by atoms with Crippen LogP contribution >= 0.6 is 0 Å². The van der Waals surface area contributed by atoms with Crippen LogP contribution in [-0.4, -0.2) is 0 Å². The van der Waals surface area contributed by atoms with Crippen molar-refractivity contribution in [1.29, 1.82) is 0 Å². The molecule has 0 rings (SSSR count). The van der Waals surface area contributed by atoms with E-state index in [0.717, 1.165) is 0 Å². The third-order valence-corrected chi connectivity index (χ3v) is 4.86. The summed E-state index contributed by atoms with van der Waals surface area (Å²) in [7, 11) is 0. The number of rotatable bonds is 0. The van der Waals surface area contributed by atoms with Gasteiger partial charge in [0.2, 0.25) is 0 Å². The van der Waals surface area contributed by atoms with Crippen molar-refractivity contribution in [2.45, 2.75) is 0 Å². The summed E-state index contributed by atoms with van der Waals surface area (Å²) in [6, 6.07) is 0. The van der Waals surface area contributed by atoms with Crippen molar-refractivity contribution in [3.8, 4) is 0 Å². The van der Waals surface area contributed by atoms with Crippen LogP contribution < -0.4 is 0 Å². The maximum absolute atomic E-state index is 3.32. The van der Waals surface area contributed by atoms with Crippen LogP contribution in [0.3, 0.4) is 0 Å². The highest BCUT2D eigenvalue weighted by Crippen LogP contribution is 1.64. The van der Waals surface area contributed by atoms with E-state index in [1.807, 2.05) is 0 Å². The van der Waals surface area contributed by atoms with Crippen LogP contribution in [0.4, 0.5) is 0 Å². The lowest BCUT2D eigenvalue weighted by Gasteiger charge is -1.41. The van der Waals surface area contributed by atoms with E-state index in [1.54, 1.807) is 0 Å². The largest absolute Gasteiger partial charge is 0.0687 e. The quantitative estimate of drug-likeness (QED) is 0.212. The van der Waals surface area contributed by atoms with Crippen molar-refractivity contribution < 1.29 is 0 Å². The molecule has 0 unspecified atom stereocenters. The standard InChI is InChI=1S/C80H4/c1-3-5-7-9-11-13-15-17-19-21-23-25-27-29-31-33-35-37-39-41-43-45-47-49-51-53-55-57-59-61-63-65-67-69-71-73-75-77-79-80-78-76-74-72-70-68-66-64-62-60-58-56-54-52-50-48-46-44-42-40-38-36-34-32-30-28-26-24-22-20-18-16-14-12-10-8-6-4-2/h1-2H2. The maximum Gasteiger partial charge on any atom is 0 e. The third-order valence-electron chi connectivity index (χ3n) is 4.86. The van der Waals surface area contributed by atoms with Gasteiger partial charge in [0.15, 0.2) is 0 Å². The van der Waals surface area contributed by atoms with Gasteiger partial charge < -0.3 is 0 Å². The summed E-state index contributed by atoms with van der Waals surface area (Å²) in [5.74, 6) is 0. The Morgan fingerprint density at radius 3 is 0.138 bits per heavy atom. The van der Waals surface area contributed by atoms with E-state index in [-0.39, 0.29) is 0 Å². The van der Waals surface area contributed by atoms with Crippen LogP contribution in [0.15, 0.2) is 460 Å². The van der Waals surface area contributed by atoms with E-state index < -0.39 is 0 Å². The van der Waals surface area contributed by atoms with E-state index in [9.17, 15) is 0 Å². The Hall–Kier alpha value is -17.4. The Bertz CT molecular complexity index is 5720. The number of hydrogen-bond donors (Lipinski definition) is 0. The molecule has 0 atom stereocenters. The lowest BCUT2D eigenvalue weighted by Crippen LogP contribution is -1.26. The first kappa shape index (κ1) is 62.6. The lowest BCUT2D eigenvalue weighted by atomic mass is 10.6. The molecular weight excluding hydrogens is 961 g/mol. The highest BCUT2D eigenvalue weighted by molar-refractivity contribution is 5.00. The molecule has 80 heavy (non-hydrogen) atoms. The minimum atomic E-state index is 2.37. The zero-order valence-electron chi connectivity index (χ0n) is 40.4. The molecule has 0 saturated carbocycles. The fourth-order valence-corrected chi connectivity index (χ4v) is 2.40. The first-order chi connectivity index (χ1) is 39.9. The molecule has 0 aromatic rings. The molecule has 0 aromatic heterocycles. The summed E-state index contributed by atoms with van der Waals surface area (Å²) in [5, 5.41) is 0. The van der Waals surface area contributed by atoms with Gasteiger partial charge in [0.1, 0.15) is 0 Å². The third kappa shape index (κ3) is 60.6. The summed E-state index contributed by atoms with van der Waals surface area (Å²) in [5.41, 5.74) is 194. The van der Waals surface area contributed by atoms with Crippen molar-refractivity contribution in [1.82, 2.24) is 0 Å². The monoisotopic (exact) mass is 964 g/mol. The summed E-state index contributed by atoms with van der Waals surface area (Å²) in [6.07, 6.45) is 0. The van der Waals surface area contributed by atoms with Gasteiger partial charge in [-0.3, -0.25) is 0 Å². The Morgan fingerprint density at radius 1 is 0.0625 bits per heavy atom. The van der Waals surface area contributed by atoms with E-state index >= 15 is 0 Å². The van der Waals surface area contributed by atoms with Crippen molar-refractivity contribution in [2.24, 2.45) is 0 Å². The normalized spacial score (nSPS) is 3.95. The maximum atomic E-state index is 3.32. The molecule has 0 heterocycles. The first-order valence-corrected chi connectivity index (χ1v) is 20.0. The van der Waals surface area contributed by atoms with Gasteiger partial charge in [0.05, 0.1) is 0 Å². The van der Waals surface area contributed by atoms with Gasteiger partial charge in [-0.15, -0.1) is 0 Å². The van der Waals surface area contributed by atoms with Gasteiger partial charge >= 0.3 is 0 Å². The molecule has 0 amide bonds. The van der Waals surface area contributed by atoms with Crippen molar-refractivity contribution >= 4 is 0 Å². The predicted octanol–water partition coefficient (Wildman–Crippen LogP) is 12.9. The van der Waals surface area contributed by atoms with Crippen LogP contribution in [0.1, 0.15) is 0 Å². The minimum absolute atomic E-state index is 2.37. The molecule has 0 bridgehead atoms. The summed E-state index contributed by atoms with van der Waals surface area (Å²) in [6.45, 7) is 6.63. The Morgan fingerprint density at radius 2 is 0.100 bits per heavy atom. The first-order valence-electron chi connectivity index (χ1n) is 20.0. The lowest BCUT2D eigenvalue weighted by molar-refractivity contribution is 2.10. The molecule has 0 nitrogen and oxygen atoms in total. The molecule has 0 aromatic carbocycles. The van der Waals surface area contributed by atoms with Gasteiger partial charge in [-0.25, -0.2) is 0 Å². The van der Waals surface area contributed by atoms with Gasteiger partial charge in [-0.1, -0.05) is 11.5 Å². The zero-order valence-corrected chi connectivity index (χ0v) is 40.4. The van der Waals surface area contributed by atoms with Gasteiger partial charge in [-0.05, 0) is 105 Å². The molecule has 0 spiro atoms. The molecule has 0 N–H and O–H groups in total. The fraction of sp³-hybridized carbons (Fsp3) is 0. The van der Waals surface area contributed by atoms with Crippen LogP contribution in [0.25, 0.3) is 0 Å². The fourth-order valence-electron chi connectivity index (χ4n) is 2.40. The van der Waals surface area contributed by atoms with Crippen molar-refractivity contribution in [2.75, 3.05) is 0 Å².